The van der Waals surface area contributed by atoms with Crippen molar-refractivity contribution in [2.45, 2.75) is 6.92 Å². The molecule has 2 aromatic heterocycles. The van der Waals surface area contributed by atoms with E-state index < -0.39 is 5.97 Å². The van der Waals surface area contributed by atoms with Gasteiger partial charge in [-0.15, -0.1) is 5.10 Å². The molecule has 0 bridgehead atoms. The highest BCUT2D eigenvalue weighted by Crippen LogP contribution is 2.25. The van der Waals surface area contributed by atoms with Crippen molar-refractivity contribution < 1.29 is 14.3 Å². The molecule has 0 saturated carbocycles. The lowest BCUT2D eigenvalue weighted by atomic mass is 10.2. The molecular weight excluding hydrogens is 258 g/mol. The van der Waals surface area contributed by atoms with Gasteiger partial charge in [0.1, 0.15) is 5.69 Å². The molecule has 0 atom stereocenters. The number of hydrogen-bond acceptors (Lipinski definition) is 4. The van der Waals surface area contributed by atoms with Gasteiger partial charge in [-0.3, -0.25) is 0 Å². The largest absolute Gasteiger partial charge is 0.476 e. The Morgan fingerprint density at radius 2 is 2.00 bits per heavy atom. The fraction of sp³-hybridized carbons (Fsp3) is 0.0714. The Balaban J connectivity index is 2.21. The molecule has 0 amide bonds. The lowest BCUT2D eigenvalue weighted by molar-refractivity contribution is 0.0691. The molecule has 2 heterocycles. The molecule has 6 nitrogen and oxygen atoms in total. The fourth-order valence-electron chi connectivity index (χ4n) is 1.93. The first-order valence-corrected chi connectivity index (χ1v) is 5.97. The van der Waals surface area contributed by atoms with Crippen molar-refractivity contribution in [2.24, 2.45) is 0 Å². The number of carboxylic acid groups (broad SMARTS) is 1. The Kier molecular flexibility index (Phi) is 2.83. The Hall–Kier alpha value is -2.89. The van der Waals surface area contributed by atoms with Gasteiger partial charge in [0.05, 0.1) is 12.0 Å². The van der Waals surface area contributed by atoms with Gasteiger partial charge in [0, 0.05) is 0 Å². The minimum Gasteiger partial charge on any atom is -0.476 e. The maximum Gasteiger partial charge on any atom is 0.358 e. The number of carbonyl (C=O) groups is 1. The minimum absolute atomic E-state index is 0.138. The summed E-state index contributed by atoms with van der Waals surface area (Å²) >= 11 is 0. The Morgan fingerprint density at radius 1 is 1.25 bits per heavy atom. The van der Waals surface area contributed by atoms with Gasteiger partial charge in [-0.2, -0.15) is 0 Å². The van der Waals surface area contributed by atoms with E-state index in [1.54, 1.807) is 12.1 Å². The summed E-state index contributed by atoms with van der Waals surface area (Å²) in [5, 5.41) is 16.9. The Bertz CT molecular complexity index is 743. The molecule has 0 saturated heterocycles. The van der Waals surface area contributed by atoms with Gasteiger partial charge >= 0.3 is 5.97 Å². The zero-order chi connectivity index (χ0) is 14.1. The second-order valence-electron chi connectivity index (χ2n) is 4.32. The summed E-state index contributed by atoms with van der Waals surface area (Å²) in [4.78, 5) is 11.3. The molecule has 0 aliphatic rings. The molecule has 0 radical (unpaired) electrons. The van der Waals surface area contributed by atoms with Crippen molar-refractivity contribution in [2.75, 3.05) is 0 Å². The third kappa shape index (κ3) is 1.97. The van der Waals surface area contributed by atoms with Crippen LogP contribution in [0.4, 0.5) is 0 Å². The number of hydrogen-bond donors (Lipinski definition) is 1. The predicted molar refractivity (Wildman–Crippen MR) is 70.8 cm³/mol. The molecule has 0 spiro atoms. The van der Waals surface area contributed by atoms with Gasteiger partial charge in [0.25, 0.3) is 0 Å². The minimum atomic E-state index is -1.14. The van der Waals surface area contributed by atoms with Crippen LogP contribution in [0.1, 0.15) is 16.1 Å². The zero-order valence-corrected chi connectivity index (χ0v) is 10.6. The summed E-state index contributed by atoms with van der Waals surface area (Å²) in [6.45, 7) is 1.97. The SMILES string of the molecule is Cc1ccc(-n2nnc(C(=O)O)c2-c2ccco2)cc1. The lowest BCUT2D eigenvalue weighted by Gasteiger charge is -2.05. The van der Waals surface area contributed by atoms with Crippen LogP contribution in [-0.2, 0) is 0 Å². The molecule has 3 aromatic rings. The third-order valence-corrected chi connectivity index (χ3v) is 2.91. The Morgan fingerprint density at radius 3 is 2.60 bits per heavy atom. The highest BCUT2D eigenvalue weighted by atomic mass is 16.4. The summed E-state index contributed by atoms with van der Waals surface area (Å²) in [6.07, 6.45) is 1.48. The average Bonchev–Trinajstić information content (AvgIpc) is 3.08. The van der Waals surface area contributed by atoms with Gasteiger partial charge in [-0.1, -0.05) is 22.9 Å². The van der Waals surface area contributed by atoms with E-state index in [9.17, 15) is 9.90 Å². The van der Waals surface area contributed by atoms with Crippen molar-refractivity contribution >= 4 is 5.97 Å². The number of rotatable bonds is 3. The zero-order valence-electron chi connectivity index (χ0n) is 10.6. The standard InChI is InChI=1S/C14H11N3O3/c1-9-4-6-10(7-5-9)17-13(11-3-2-8-20-11)12(14(18)19)15-16-17/h2-8H,1H3,(H,18,19). The molecule has 1 aromatic carbocycles. The number of aryl methyl sites for hydroxylation is 1. The summed E-state index contributed by atoms with van der Waals surface area (Å²) in [6, 6.07) is 10.9. The number of aromatic carboxylic acids is 1. The van der Waals surface area contributed by atoms with E-state index in [0.717, 1.165) is 11.3 Å². The molecule has 100 valence electrons. The predicted octanol–water partition coefficient (Wildman–Crippen LogP) is 2.53. The van der Waals surface area contributed by atoms with E-state index in [2.05, 4.69) is 10.3 Å². The van der Waals surface area contributed by atoms with Crippen LogP contribution in [-0.4, -0.2) is 26.1 Å². The van der Waals surface area contributed by atoms with Gasteiger partial charge < -0.3 is 9.52 Å². The van der Waals surface area contributed by atoms with Crippen molar-refractivity contribution in [3.63, 3.8) is 0 Å². The topological polar surface area (TPSA) is 81.2 Å². The van der Waals surface area contributed by atoms with E-state index >= 15 is 0 Å². The molecule has 0 aliphatic heterocycles. The van der Waals surface area contributed by atoms with Crippen LogP contribution in [0.2, 0.25) is 0 Å². The third-order valence-electron chi connectivity index (χ3n) is 2.91. The summed E-state index contributed by atoms with van der Waals surface area (Å²) in [5.41, 5.74) is 2.01. The van der Waals surface area contributed by atoms with E-state index in [1.807, 2.05) is 31.2 Å². The fourth-order valence-corrected chi connectivity index (χ4v) is 1.93. The maximum atomic E-state index is 11.3. The monoisotopic (exact) mass is 269 g/mol. The number of carboxylic acids is 1. The van der Waals surface area contributed by atoms with Crippen molar-refractivity contribution in [3.8, 4) is 17.1 Å². The lowest BCUT2D eigenvalue weighted by Crippen LogP contribution is -2.02. The van der Waals surface area contributed by atoms with Crippen LogP contribution in [0.3, 0.4) is 0 Å². The second kappa shape index (κ2) is 4.65. The highest BCUT2D eigenvalue weighted by molar-refractivity contribution is 5.92. The van der Waals surface area contributed by atoms with Gasteiger partial charge in [-0.05, 0) is 31.2 Å². The second-order valence-corrected chi connectivity index (χ2v) is 4.32. The van der Waals surface area contributed by atoms with Crippen LogP contribution >= 0.6 is 0 Å². The van der Waals surface area contributed by atoms with Crippen LogP contribution in [0, 0.1) is 6.92 Å². The van der Waals surface area contributed by atoms with Gasteiger partial charge in [0.2, 0.25) is 5.69 Å². The van der Waals surface area contributed by atoms with Crippen LogP contribution in [0.15, 0.2) is 47.1 Å². The molecule has 6 heteroatoms. The normalized spacial score (nSPS) is 10.7. The first-order chi connectivity index (χ1) is 9.66. The van der Waals surface area contributed by atoms with E-state index in [4.69, 9.17) is 4.42 Å². The first-order valence-electron chi connectivity index (χ1n) is 5.97. The molecule has 0 fully saturated rings. The first kappa shape index (κ1) is 12.2. The summed E-state index contributed by atoms with van der Waals surface area (Å²) < 4.78 is 6.75. The molecule has 1 N–H and O–H groups in total. The molecule has 20 heavy (non-hydrogen) atoms. The number of nitrogens with zero attached hydrogens (tertiary/aromatic N) is 3. The maximum absolute atomic E-state index is 11.3. The Labute approximate surface area is 114 Å². The van der Waals surface area contributed by atoms with E-state index in [1.165, 1.54) is 10.9 Å². The summed E-state index contributed by atoms with van der Waals surface area (Å²) in [7, 11) is 0. The molecule has 0 aliphatic carbocycles. The van der Waals surface area contributed by atoms with Crippen LogP contribution in [0.25, 0.3) is 17.1 Å². The summed E-state index contributed by atoms with van der Waals surface area (Å²) in [5.74, 6) is -0.734. The van der Waals surface area contributed by atoms with Gasteiger partial charge in [-0.25, -0.2) is 9.48 Å². The smallest absolute Gasteiger partial charge is 0.358 e. The molecular formula is C14H11N3O3. The highest BCUT2D eigenvalue weighted by Gasteiger charge is 2.23. The number of furan rings is 1. The molecule has 0 unspecified atom stereocenters. The van der Waals surface area contributed by atoms with E-state index in [-0.39, 0.29) is 5.69 Å². The quantitative estimate of drug-likeness (QED) is 0.790. The number of aromatic nitrogens is 3. The van der Waals surface area contributed by atoms with Crippen molar-refractivity contribution in [1.29, 1.82) is 0 Å². The van der Waals surface area contributed by atoms with Gasteiger partial charge in [0.15, 0.2) is 5.76 Å². The van der Waals surface area contributed by atoms with E-state index in [0.29, 0.717) is 11.5 Å². The van der Waals surface area contributed by atoms with Crippen LogP contribution in [0.5, 0.6) is 0 Å². The van der Waals surface area contributed by atoms with Crippen LogP contribution < -0.4 is 0 Å². The molecule has 3 rings (SSSR count). The van der Waals surface area contributed by atoms with Crippen molar-refractivity contribution in [3.05, 3.63) is 53.9 Å². The average molecular weight is 269 g/mol. The number of benzene rings is 1. The van der Waals surface area contributed by atoms with Crippen molar-refractivity contribution in [1.82, 2.24) is 15.0 Å².